The molecule has 4 aromatic carbocycles. The molecular formula is C35H28FN3O3S2. The number of methoxy groups -OCH3 is 1. The third-order valence-corrected chi connectivity index (χ3v) is 8.56. The van der Waals surface area contributed by atoms with Crippen molar-refractivity contribution >= 4 is 40.3 Å². The fourth-order valence-electron chi connectivity index (χ4n) is 4.78. The highest BCUT2D eigenvalue weighted by Crippen LogP contribution is 2.35. The van der Waals surface area contributed by atoms with Gasteiger partial charge in [-0.15, -0.1) is 0 Å². The van der Waals surface area contributed by atoms with E-state index in [9.17, 15) is 9.18 Å². The number of para-hydroxylation sites is 1. The second-order valence-electron chi connectivity index (χ2n) is 10.0. The van der Waals surface area contributed by atoms with Gasteiger partial charge in [-0.25, -0.2) is 9.07 Å². The first kappa shape index (κ1) is 29.3. The van der Waals surface area contributed by atoms with Crippen LogP contribution in [0.15, 0.2) is 114 Å². The zero-order valence-electron chi connectivity index (χ0n) is 23.9. The van der Waals surface area contributed by atoms with Crippen molar-refractivity contribution in [1.29, 1.82) is 0 Å². The van der Waals surface area contributed by atoms with Crippen LogP contribution in [0.1, 0.15) is 16.7 Å². The molecule has 220 valence electrons. The average molecular weight is 622 g/mol. The summed E-state index contributed by atoms with van der Waals surface area (Å²) in [7, 11) is 1.64. The van der Waals surface area contributed by atoms with Crippen molar-refractivity contribution in [3.8, 4) is 28.4 Å². The topological polar surface area (TPSA) is 56.6 Å². The summed E-state index contributed by atoms with van der Waals surface area (Å²) in [5, 5.41) is 4.89. The summed E-state index contributed by atoms with van der Waals surface area (Å²) in [6, 6.07) is 31.6. The SMILES string of the molecule is COc1ccc(CCN2C(=O)C(=Cc3cn(-c4ccccc4)nc3-c3ccc(OCc4ccccc4F)cc3)SC2=S)cc1. The molecule has 0 unspecified atom stereocenters. The van der Waals surface area contributed by atoms with Gasteiger partial charge in [0.25, 0.3) is 5.91 Å². The number of ether oxygens (including phenoxy) is 2. The fourth-order valence-corrected chi connectivity index (χ4v) is 6.08. The second kappa shape index (κ2) is 13.3. The lowest BCUT2D eigenvalue weighted by Gasteiger charge is -2.14. The van der Waals surface area contributed by atoms with E-state index < -0.39 is 0 Å². The minimum absolute atomic E-state index is 0.121. The van der Waals surface area contributed by atoms with Crippen molar-refractivity contribution in [2.45, 2.75) is 13.0 Å². The number of carbonyl (C=O) groups is 1. The van der Waals surface area contributed by atoms with Gasteiger partial charge >= 0.3 is 0 Å². The van der Waals surface area contributed by atoms with E-state index in [1.165, 1.54) is 17.8 Å². The maximum absolute atomic E-state index is 14.0. The average Bonchev–Trinajstić information content (AvgIpc) is 3.60. The zero-order chi connectivity index (χ0) is 30.5. The standard InChI is InChI=1S/C35H28FN3O3S2/c1-41-29-15-11-24(12-16-29)19-20-38-34(40)32(44-35(38)43)21-27-22-39(28-8-3-2-4-9-28)37-33(27)25-13-17-30(18-14-25)42-23-26-7-5-6-10-31(26)36/h2-18,21-22H,19-20,23H2,1H3. The van der Waals surface area contributed by atoms with E-state index in [-0.39, 0.29) is 18.3 Å². The van der Waals surface area contributed by atoms with Crippen LogP contribution in [0, 0.1) is 5.82 Å². The number of hydrogen-bond donors (Lipinski definition) is 0. The van der Waals surface area contributed by atoms with Crippen molar-refractivity contribution in [2.24, 2.45) is 0 Å². The van der Waals surface area contributed by atoms with Crippen LogP contribution in [0.25, 0.3) is 23.0 Å². The van der Waals surface area contributed by atoms with Gasteiger partial charge in [-0.3, -0.25) is 9.69 Å². The molecule has 5 aromatic rings. The van der Waals surface area contributed by atoms with E-state index in [1.54, 1.807) is 34.9 Å². The summed E-state index contributed by atoms with van der Waals surface area (Å²) in [5.41, 5.74) is 4.81. The Morgan fingerprint density at radius 3 is 2.34 bits per heavy atom. The van der Waals surface area contributed by atoms with Crippen molar-refractivity contribution in [2.75, 3.05) is 13.7 Å². The molecule has 0 bridgehead atoms. The predicted molar refractivity (Wildman–Crippen MR) is 176 cm³/mol. The van der Waals surface area contributed by atoms with Crippen molar-refractivity contribution in [3.63, 3.8) is 0 Å². The van der Waals surface area contributed by atoms with Gasteiger partial charge in [0.05, 0.1) is 23.4 Å². The number of carbonyl (C=O) groups excluding carboxylic acids is 1. The molecule has 1 aliphatic rings. The third-order valence-electron chi connectivity index (χ3n) is 7.19. The van der Waals surface area contributed by atoms with Crippen LogP contribution in [-0.2, 0) is 17.8 Å². The van der Waals surface area contributed by atoms with Crippen LogP contribution in [0.5, 0.6) is 11.5 Å². The Morgan fingerprint density at radius 2 is 1.61 bits per heavy atom. The number of amides is 1. The fraction of sp³-hybridized carbons (Fsp3) is 0.114. The molecular weight excluding hydrogens is 594 g/mol. The highest BCUT2D eigenvalue weighted by molar-refractivity contribution is 8.26. The van der Waals surface area contributed by atoms with Gasteiger partial charge in [0.15, 0.2) is 0 Å². The van der Waals surface area contributed by atoms with E-state index in [2.05, 4.69) is 0 Å². The number of benzene rings is 4. The van der Waals surface area contributed by atoms with E-state index in [0.29, 0.717) is 39.2 Å². The van der Waals surface area contributed by atoms with E-state index in [0.717, 1.165) is 28.1 Å². The third kappa shape index (κ3) is 6.59. The Kier molecular flexibility index (Phi) is 8.86. The highest BCUT2D eigenvalue weighted by atomic mass is 32.2. The number of thiocarbonyl (C=S) groups is 1. The van der Waals surface area contributed by atoms with Gasteiger partial charge in [0.1, 0.15) is 28.2 Å². The quantitative estimate of drug-likeness (QED) is 0.118. The number of rotatable bonds is 10. The molecule has 1 fully saturated rings. The second-order valence-corrected chi connectivity index (χ2v) is 11.7. The molecule has 1 aromatic heterocycles. The Morgan fingerprint density at radius 1 is 0.909 bits per heavy atom. The molecule has 0 aliphatic carbocycles. The molecule has 9 heteroatoms. The Labute approximate surface area is 264 Å². The maximum Gasteiger partial charge on any atom is 0.266 e. The van der Waals surface area contributed by atoms with Crippen LogP contribution >= 0.6 is 24.0 Å². The lowest BCUT2D eigenvalue weighted by Crippen LogP contribution is -2.30. The molecule has 44 heavy (non-hydrogen) atoms. The van der Waals surface area contributed by atoms with Crippen LogP contribution < -0.4 is 9.47 Å². The first-order chi connectivity index (χ1) is 21.5. The van der Waals surface area contributed by atoms with Gasteiger partial charge in [-0.2, -0.15) is 5.10 Å². The molecule has 1 aliphatic heterocycles. The van der Waals surface area contributed by atoms with Crippen LogP contribution in [0.4, 0.5) is 4.39 Å². The van der Waals surface area contributed by atoms with Gasteiger partial charge in [0.2, 0.25) is 0 Å². The number of thioether (sulfide) groups is 1. The van der Waals surface area contributed by atoms with Crippen LogP contribution in [0.2, 0.25) is 0 Å². The lowest BCUT2D eigenvalue weighted by molar-refractivity contribution is -0.122. The molecule has 0 atom stereocenters. The van der Waals surface area contributed by atoms with E-state index in [4.69, 9.17) is 26.8 Å². The number of hydrogen-bond acceptors (Lipinski definition) is 6. The van der Waals surface area contributed by atoms with E-state index in [1.807, 2.05) is 91.1 Å². The van der Waals surface area contributed by atoms with E-state index >= 15 is 0 Å². The molecule has 0 radical (unpaired) electrons. The maximum atomic E-state index is 14.0. The van der Waals surface area contributed by atoms with Gasteiger partial charge in [-0.1, -0.05) is 72.5 Å². The van der Waals surface area contributed by atoms with Gasteiger partial charge < -0.3 is 9.47 Å². The van der Waals surface area contributed by atoms with Crippen LogP contribution in [0.3, 0.4) is 0 Å². The largest absolute Gasteiger partial charge is 0.497 e. The van der Waals surface area contributed by atoms with Crippen molar-refractivity contribution < 1.29 is 18.7 Å². The Bertz CT molecular complexity index is 1820. The normalized spacial score (nSPS) is 14.0. The predicted octanol–water partition coefficient (Wildman–Crippen LogP) is 7.71. The van der Waals surface area contributed by atoms with Gasteiger partial charge in [0, 0.05) is 29.4 Å². The molecule has 0 spiro atoms. The molecule has 0 N–H and O–H groups in total. The lowest BCUT2D eigenvalue weighted by atomic mass is 10.1. The molecule has 0 saturated carbocycles. The first-order valence-corrected chi connectivity index (χ1v) is 15.2. The van der Waals surface area contributed by atoms with Crippen LogP contribution in [-0.4, -0.2) is 38.6 Å². The molecule has 1 amide bonds. The van der Waals surface area contributed by atoms with Crippen molar-refractivity contribution in [1.82, 2.24) is 14.7 Å². The summed E-state index contributed by atoms with van der Waals surface area (Å²) in [5.74, 6) is 0.979. The Balaban J connectivity index is 1.24. The summed E-state index contributed by atoms with van der Waals surface area (Å²) in [6.07, 6.45) is 4.44. The first-order valence-electron chi connectivity index (χ1n) is 14.0. The zero-order valence-corrected chi connectivity index (χ0v) is 25.5. The molecule has 6 rings (SSSR count). The number of aromatic nitrogens is 2. The summed E-state index contributed by atoms with van der Waals surface area (Å²) < 4.78 is 27.4. The monoisotopic (exact) mass is 621 g/mol. The van der Waals surface area contributed by atoms with Crippen molar-refractivity contribution in [3.05, 3.63) is 137 Å². The van der Waals surface area contributed by atoms with Gasteiger partial charge in [-0.05, 0) is 72.7 Å². The highest BCUT2D eigenvalue weighted by Gasteiger charge is 2.32. The summed E-state index contributed by atoms with van der Waals surface area (Å²) in [4.78, 5) is 15.7. The minimum atomic E-state index is -0.300. The summed E-state index contributed by atoms with van der Waals surface area (Å²) in [6.45, 7) is 0.610. The molecule has 6 nitrogen and oxygen atoms in total. The molecule has 2 heterocycles. The Hall–Kier alpha value is -4.73. The minimum Gasteiger partial charge on any atom is -0.497 e. The number of halogens is 1. The molecule has 1 saturated heterocycles. The number of nitrogens with zero attached hydrogens (tertiary/aromatic N) is 3. The smallest absolute Gasteiger partial charge is 0.266 e. The summed E-state index contributed by atoms with van der Waals surface area (Å²) >= 11 is 6.90.